The van der Waals surface area contributed by atoms with Gasteiger partial charge in [-0.2, -0.15) is 0 Å². The molecule has 0 spiro atoms. The highest BCUT2D eigenvalue weighted by Crippen LogP contribution is 2.26. The van der Waals surface area contributed by atoms with Crippen LogP contribution in [0.4, 0.5) is 15.8 Å². The van der Waals surface area contributed by atoms with Crippen molar-refractivity contribution in [3.63, 3.8) is 0 Å². The third-order valence-electron chi connectivity index (χ3n) is 5.66. The molecule has 4 rings (SSSR count). The lowest BCUT2D eigenvalue weighted by atomic mass is 10.0. The topological polar surface area (TPSA) is 62.4 Å². The molecule has 0 atom stereocenters. The highest BCUT2D eigenvalue weighted by Gasteiger charge is 2.14. The summed E-state index contributed by atoms with van der Waals surface area (Å²) in [5, 5.41) is 8.82. The average Bonchev–Trinajstić information content (AvgIpc) is 2.86. The Hall–Kier alpha value is -4.12. The van der Waals surface area contributed by atoms with Crippen molar-refractivity contribution in [2.24, 2.45) is 4.99 Å². The third kappa shape index (κ3) is 5.09. The van der Waals surface area contributed by atoms with Crippen molar-refractivity contribution in [1.29, 1.82) is 0 Å². The Morgan fingerprint density at radius 2 is 1.62 bits per heavy atom. The molecule has 0 heterocycles. The van der Waals surface area contributed by atoms with Gasteiger partial charge in [0, 0.05) is 29.1 Å². The van der Waals surface area contributed by atoms with Crippen molar-refractivity contribution in [1.82, 2.24) is 5.32 Å². The van der Waals surface area contributed by atoms with Gasteiger partial charge in [-0.15, -0.1) is 0 Å². The zero-order valence-electron chi connectivity index (χ0n) is 19.3. The molecule has 4 nitrogen and oxygen atoms in total. The minimum absolute atomic E-state index is 0.317. The van der Waals surface area contributed by atoms with E-state index in [0.717, 1.165) is 22.9 Å². The number of fused-ring (bicyclic) bond motifs is 1. The summed E-state index contributed by atoms with van der Waals surface area (Å²) in [6.45, 7) is 7.35. The minimum Gasteiger partial charge on any atom is -0.398 e. The molecule has 0 aliphatic carbocycles. The van der Waals surface area contributed by atoms with E-state index >= 15 is 0 Å². The molecular weight excluding hydrogens is 423 g/mol. The van der Waals surface area contributed by atoms with Crippen LogP contribution in [0.1, 0.15) is 30.0 Å². The van der Waals surface area contributed by atoms with Gasteiger partial charge in [0.25, 0.3) is 0 Å². The molecule has 4 N–H and O–H groups in total. The molecule has 172 valence electrons. The number of aliphatic imine (C=N–C) groups is 1. The lowest BCUT2D eigenvalue weighted by Crippen LogP contribution is -2.24. The van der Waals surface area contributed by atoms with Gasteiger partial charge >= 0.3 is 0 Å². The van der Waals surface area contributed by atoms with Crippen LogP contribution in [-0.2, 0) is 6.54 Å². The fourth-order valence-electron chi connectivity index (χ4n) is 3.91. The van der Waals surface area contributed by atoms with Gasteiger partial charge in [0.15, 0.2) is 0 Å². The fraction of sp³-hybridized carbons (Fsp3) is 0.138. The van der Waals surface area contributed by atoms with Gasteiger partial charge in [0.1, 0.15) is 11.7 Å². The molecule has 0 amide bonds. The summed E-state index contributed by atoms with van der Waals surface area (Å²) in [6, 6.07) is 27.0. The van der Waals surface area contributed by atoms with E-state index in [0.29, 0.717) is 41.6 Å². The van der Waals surface area contributed by atoms with E-state index in [4.69, 9.17) is 10.7 Å². The van der Waals surface area contributed by atoms with Gasteiger partial charge in [-0.05, 0) is 41.0 Å². The van der Waals surface area contributed by atoms with Crippen LogP contribution < -0.4 is 16.4 Å². The lowest BCUT2D eigenvalue weighted by molar-refractivity contribution is 0.629. The van der Waals surface area contributed by atoms with Crippen LogP contribution in [0, 0.1) is 5.82 Å². The zero-order chi connectivity index (χ0) is 23.9. The Morgan fingerprint density at radius 3 is 2.44 bits per heavy atom. The predicted octanol–water partition coefficient (Wildman–Crippen LogP) is 6.59. The first-order valence-corrected chi connectivity index (χ1v) is 11.4. The number of nitrogens with two attached hydrogens (primary N) is 1. The highest BCUT2D eigenvalue weighted by molar-refractivity contribution is 6.07. The summed E-state index contributed by atoms with van der Waals surface area (Å²) < 4.78 is 14.6. The zero-order valence-corrected chi connectivity index (χ0v) is 19.3. The van der Waals surface area contributed by atoms with Crippen molar-refractivity contribution in [2.75, 3.05) is 17.6 Å². The molecule has 0 aromatic heterocycles. The first kappa shape index (κ1) is 23.1. The standard InChI is InChI=1S/C29H29FN4/c1-3-18-32-28-23(15-9-16-26(28)30)20(2)34-29(25-14-6-7-17-27(25)31)33-19-22-12-8-11-21-10-4-5-13-24(21)22/h4-17,32H,2-3,18-19,31H2,1H3,(H,33,34). The van der Waals surface area contributed by atoms with Crippen LogP contribution in [0.5, 0.6) is 0 Å². The van der Waals surface area contributed by atoms with Gasteiger partial charge in [0.2, 0.25) is 0 Å². The Morgan fingerprint density at radius 1 is 0.912 bits per heavy atom. The van der Waals surface area contributed by atoms with Crippen LogP contribution in [0.15, 0.2) is 96.5 Å². The summed E-state index contributed by atoms with van der Waals surface area (Å²) in [4.78, 5) is 4.91. The summed E-state index contributed by atoms with van der Waals surface area (Å²) in [6.07, 6.45) is 0.881. The normalized spacial score (nSPS) is 11.4. The lowest BCUT2D eigenvalue weighted by Gasteiger charge is -2.18. The van der Waals surface area contributed by atoms with E-state index in [9.17, 15) is 4.39 Å². The minimum atomic E-state index is -0.317. The highest BCUT2D eigenvalue weighted by atomic mass is 19.1. The summed E-state index contributed by atoms with van der Waals surface area (Å²) in [5.74, 6) is 0.268. The van der Waals surface area contributed by atoms with Crippen molar-refractivity contribution >= 4 is 33.7 Å². The van der Waals surface area contributed by atoms with Crippen molar-refractivity contribution < 1.29 is 4.39 Å². The number of amidine groups is 1. The van der Waals surface area contributed by atoms with E-state index < -0.39 is 0 Å². The predicted molar refractivity (Wildman–Crippen MR) is 142 cm³/mol. The molecule has 0 aliphatic rings. The summed E-state index contributed by atoms with van der Waals surface area (Å²) in [5.41, 5.74) is 10.4. The van der Waals surface area contributed by atoms with E-state index in [2.05, 4.69) is 41.5 Å². The summed E-state index contributed by atoms with van der Waals surface area (Å²) in [7, 11) is 0. The number of hydrogen-bond donors (Lipinski definition) is 3. The number of rotatable bonds is 8. The molecule has 0 aliphatic heterocycles. The first-order chi connectivity index (χ1) is 16.6. The Bertz CT molecular complexity index is 1340. The van der Waals surface area contributed by atoms with E-state index in [1.165, 1.54) is 11.5 Å². The Labute approximate surface area is 200 Å². The largest absolute Gasteiger partial charge is 0.398 e. The number of benzene rings is 4. The quantitative estimate of drug-likeness (QED) is 0.161. The fourth-order valence-corrected chi connectivity index (χ4v) is 3.91. The van der Waals surface area contributed by atoms with Gasteiger partial charge < -0.3 is 16.4 Å². The number of halogens is 1. The molecule has 0 saturated carbocycles. The van der Waals surface area contributed by atoms with E-state index in [-0.39, 0.29) is 5.82 Å². The van der Waals surface area contributed by atoms with Gasteiger partial charge in [-0.1, -0.05) is 80.2 Å². The maximum absolute atomic E-state index is 14.6. The second kappa shape index (κ2) is 10.7. The smallest absolute Gasteiger partial charge is 0.146 e. The molecule has 5 heteroatoms. The number of nitrogens with zero attached hydrogens (tertiary/aromatic N) is 1. The van der Waals surface area contributed by atoms with Crippen molar-refractivity contribution in [2.45, 2.75) is 19.9 Å². The molecule has 0 saturated heterocycles. The Kier molecular flexibility index (Phi) is 7.23. The maximum Gasteiger partial charge on any atom is 0.146 e. The summed E-state index contributed by atoms with van der Waals surface area (Å²) >= 11 is 0. The SMILES string of the molecule is C=C(NC(=NCc1cccc2ccccc12)c1ccccc1N)c1cccc(F)c1NCCC. The number of hydrogen-bond acceptors (Lipinski definition) is 3. The average molecular weight is 453 g/mol. The van der Waals surface area contributed by atoms with Gasteiger partial charge in [-0.3, -0.25) is 4.99 Å². The molecule has 0 radical (unpaired) electrons. The molecule has 4 aromatic rings. The monoisotopic (exact) mass is 452 g/mol. The molecule has 34 heavy (non-hydrogen) atoms. The maximum atomic E-state index is 14.6. The molecule has 0 unspecified atom stereocenters. The van der Waals surface area contributed by atoms with Gasteiger partial charge in [0.05, 0.1) is 12.2 Å². The van der Waals surface area contributed by atoms with Crippen LogP contribution >= 0.6 is 0 Å². The first-order valence-electron chi connectivity index (χ1n) is 11.4. The Balaban J connectivity index is 1.70. The number of nitrogens with one attached hydrogen (secondary N) is 2. The number of para-hydroxylation sites is 2. The second-order valence-electron chi connectivity index (χ2n) is 8.08. The number of anilines is 2. The van der Waals surface area contributed by atoms with E-state index in [1.807, 2.05) is 55.5 Å². The van der Waals surface area contributed by atoms with Crippen molar-refractivity contribution in [3.8, 4) is 0 Å². The van der Waals surface area contributed by atoms with Crippen LogP contribution in [0.25, 0.3) is 16.5 Å². The molecule has 0 bridgehead atoms. The van der Waals surface area contributed by atoms with Crippen LogP contribution in [0.3, 0.4) is 0 Å². The molecular formula is C29H29FN4. The van der Waals surface area contributed by atoms with Crippen LogP contribution in [0.2, 0.25) is 0 Å². The van der Waals surface area contributed by atoms with Gasteiger partial charge in [-0.25, -0.2) is 4.39 Å². The number of nitrogen functional groups attached to an aromatic ring is 1. The van der Waals surface area contributed by atoms with Crippen LogP contribution in [-0.4, -0.2) is 12.4 Å². The van der Waals surface area contributed by atoms with E-state index in [1.54, 1.807) is 6.07 Å². The molecule has 0 fully saturated rings. The second-order valence-corrected chi connectivity index (χ2v) is 8.08. The third-order valence-corrected chi connectivity index (χ3v) is 5.66. The molecule has 4 aromatic carbocycles. The van der Waals surface area contributed by atoms with Crippen molar-refractivity contribution in [3.05, 3.63) is 114 Å².